The van der Waals surface area contributed by atoms with E-state index in [0.717, 1.165) is 33.8 Å². The molecule has 1 aromatic heterocycles. The third-order valence-electron chi connectivity index (χ3n) is 4.92. The number of alkyl halides is 3. The van der Waals surface area contributed by atoms with Crippen LogP contribution in [0.2, 0.25) is 0 Å². The van der Waals surface area contributed by atoms with E-state index in [1.807, 2.05) is 0 Å². The maximum absolute atomic E-state index is 12.9. The number of rotatable bonds is 5. The van der Waals surface area contributed by atoms with Crippen LogP contribution < -0.4 is 5.32 Å². The number of ether oxygens (including phenoxy) is 1. The first-order valence-corrected chi connectivity index (χ1v) is 11.5. The maximum atomic E-state index is 12.9. The Balaban J connectivity index is 1.66. The molecule has 7 nitrogen and oxygen atoms in total. The summed E-state index contributed by atoms with van der Waals surface area (Å²) in [5.74, 6) is -1.44. The third-order valence-corrected chi connectivity index (χ3v) is 7.71. The van der Waals surface area contributed by atoms with E-state index in [-0.39, 0.29) is 36.7 Å². The normalized spacial score (nSPS) is 16.1. The number of hydrogen-bond donors (Lipinski definition) is 1. The molecule has 168 valence electrons. The number of thiophene rings is 1. The Bertz CT molecular complexity index is 1070. The topological polar surface area (TPSA) is 92.8 Å². The SMILES string of the molecule is COC(=O)c1sccc1NC(=O)C1CCN(S(=O)(=O)c2cccc(C(F)(F)F)c2)CC1. The van der Waals surface area contributed by atoms with E-state index in [1.165, 1.54) is 7.11 Å². The van der Waals surface area contributed by atoms with Gasteiger partial charge in [0.05, 0.1) is 23.3 Å². The van der Waals surface area contributed by atoms with E-state index in [9.17, 15) is 31.2 Å². The van der Waals surface area contributed by atoms with Gasteiger partial charge in [0.2, 0.25) is 15.9 Å². The summed E-state index contributed by atoms with van der Waals surface area (Å²) in [7, 11) is -2.89. The highest BCUT2D eigenvalue weighted by molar-refractivity contribution is 7.89. The highest BCUT2D eigenvalue weighted by Crippen LogP contribution is 2.32. The van der Waals surface area contributed by atoms with Crippen LogP contribution in [0.4, 0.5) is 18.9 Å². The van der Waals surface area contributed by atoms with Gasteiger partial charge in [-0.3, -0.25) is 4.79 Å². The number of benzene rings is 1. The summed E-state index contributed by atoms with van der Waals surface area (Å²) >= 11 is 1.12. The average molecular weight is 476 g/mol. The molecule has 2 heterocycles. The van der Waals surface area contributed by atoms with Crippen molar-refractivity contribution < 1.29 is 35.9 Å². The summed E-state index contributed by atoms with van der Waals surface area (Å²) in [5, 5.41) is 4.29. The van der Waals surface area contributed by atoms with Gasteiger partial charge in [0.25, 0.3) is 0 Å². The third kappa shape index (κ3) is 5.08. The zero-order chi connectivity index (χ0) is 22.8. The molecule has 0 unspecified atom stereocenters. The number of methoxy groups -OCH3 is 1. The first-order valence-electron chi connectivity index (χ1n) is 9.18. The summed E-state index contributed by atoms with van der Waals surface area (Å²) in [6.07, 6.45) is -4.26. The molecule has 1 aliphatic heterocycles. The molecular weight excluding hydrogens is 457 g/mol. The van der Waals surface area contributed by atoms with Crippen LogP contribution in [0.3, 0.4) is 0 Å². The Morgan fingerprint density at radius 3 is 2.48 bits per heavy atom. The van der Waals surface area contributed by atoms with Crippen LogP contribution in [0.25, 0.3) is 0 Å². The lowest BCUT2D eigenvalue weighted by Crippen LogP contribution is -2.41. The van der Waals surface area contributed by atoms with Crippen molar-refractivity contribution in [1.29, 1.82) is 0 Å². The van der Waals surface area contributed by atoms with Crippen molar-refractivity contribution >= 4 is 38.9 Å². The molecule has 1 fully saturated rings. The molecule has 1 N–H and O–H groups in total. The van der Waals surface area contributed by atoms with Crippen molar-refractivity contribution in [3.8, 4) is 0 Å². The van der Waals surface area contributed by atoms with E-state index >= 15 is 0 Å². The summed E-state index contributed by atoms with van der Waals surface area (Å²) < 4.78 is 70.0. The molecule has 3 rings (SSSR count). The van der Waals surface area contributed by atoms with Crippen LogP contribution >= 0.6 is 11.3 Å². The zero-order valence-corrected chi connectivity index (χ0v) is 17.9. The molecule has 0 aliphatic carbocycles. The van der Waals surface area contributed by atoms with Crippen LogP contribution in [0.5, 0.6) is 0 Å². The molecule has 12 heteroatoms. The highest BCUT2D eigenvalue weighted by atomic mass is 32.2. The molecule has 0 saturated carbocycles. The summed E-state index contributed by atoms with van der Waals surface area (Å²) in [4.78, 5) is 24.1. The number of esters is 1. The van der Waals surface area contributed by atoms with E-state index in [0.29, 0.717) is 11.8 Å². The number of amides is 1. The minimum Gasteiger partial charge on any atom is -0.465 e. The van der Waals surface area contributed by atoms with Gasteiger partial charge >= 0.3 is 12.1 Å². The minimum atomic E-state index is -4.65. The largest absolute Gasteiger partial charge is 0.465 e. The van der Waals surface area contributed by atoms with Crippen molar-refractivity contribution in [3.63, 3.8) is 0 Å². The van der Waals surface area contributed by atoms with Gasteiger partial charge < -0.3 is 10.1 Å². The molecular formula is C19H19F3N2O5S2. The van der Waals surface area contributed by atoms with Crippen LogP contribution in [-0.4, -0.2) is 44.8 Å². The lowest BCUT2D eigenvalue weighted by molar-refractivity contribution is -0.137. The number of piperidine rings is 1. The fraction of sp³-hybridized carbons (Fsp3) is 0.368. The number of carbonyl (C=O) groups is 2. The van der Waals surface area contributed by atoms with Gasteiger partial charge in [-0.25, -0.2) is 13.2 Å². The molecule has 1 aliphatic rings. The molecule has 0 spiro atoms. The number of anilines is 1. The summed E-state index contributed by atoms with van der Waals surface area (Å²) in [6, 6.07) is 5.16. The molecule has 0 bridgehead atoms. The Kier molecular flexibility index (Phi) is 6.72. The van der Waals surface area contributed by atoms with Gasteiger partial charge in [-0.05, 0) is 42.5 Å². The van der Waals surface area contributed by atoms with Crippen LogP contribution in [-0.2, 0) is 25.7 Å². The second-order valence-corrected chi connectivity index (χ2v) is 9.70. The van der Waals surface area contributed by atoms with Gasteiger partial charge in [0, 0.05) is 19.0 Å². The molecule has 2 aromatic rings. The number of hydrogen-bond acceptors (Lipinski definition) is 6. The Hall–Kier alpha value is -2.44. The van der Waals surface area contributed by atoms with E-state index < -0.39 is 38.5 Å². The molecule has 0 atom stereocenters. The van der Waals surface area contributed by atoms with Gasteiger partial charge in [-0.2, -0.15) is 17.5 Å². The van der Waals surface area contributed by atoms with Crippen molar-refractivity contribution in [2.45, 2.75) is 23.9 Å². The lowest BCUT2D eigenvalue weighted by Gasteiger charge is -2.30. The second-order valence-electron chi connectivity index (χ2n) is 6.85. The number of nitrogens with one attached hydrogen (secondary N) is 1. The molecule has 31 heavy (non-hydrogen) atoms. The number of halogens is 3. The first-order chi connectivity index (χ1) is 14.5. The van der Waals surface area contributed by atoms with Crippen molar-refractivity contribution in [3.05, 3.63) is 46.2 Å². The van der Waals surface area contributed by atoms with Crippen molar-refractivity contribution in [2.75, 3.05) is 25.5 Å². The van der Waals surface area contributed by atoms with E-state index in [2.05, 4.69) is 10.1 Å². The summed E-state index contributed by atoms with van der Waals surface area (Å²) in [5.41, 5.74) is -0.721. The van der Waals surface area contributed by atoms with Crippen LogP contribution in [0, 0.1) is 5.92 Å². The maximum Gasteiger partial charge on any atom is 0.416 e. The molecule has 1 aromatic carbocycles. The smallest absolute Gasteiger partial charge is 0.416 e. The Morgan fingerprint density at radius 2 is 1.87 bits per heavy atom. The van der Waals surface area contributed by atoms with Gasteiger partial charge in [-0.1, -0.05) is 6.07 Å². The first kappa shape index (κ1) is 23.2. The van der Waals surface area contributed by atoms with Gasteiger partial charge in [-0.15, -0.1) is 11.3 Å². The van der Waals surface area contributed by atoms with Crippen LogP contribution in [0.15, 0.2) is 40.6 Å². The second kappa shape index (κ2) is 8.97. The lowest BCUT2D eigenvalue weighted by atomic mass is 9.97. The quantitative estimate of drug-likeness (QED) is 0.666. The zero-order valence-electron chi connectivity index (χ0n) is 16.3. The molecule has 1 saturated heterocycles. The highest BCUT2D eigenvalue weighted by Gasteiger charge is 2.35. The van der Waals surface area contributed by atoms with Crippen molar-refractivity contribution in [1.82, 2.24) is 4.31 Å². The number of carbonyl (C=O) groups excluding carboxylic acids is 2. The van der Waals surface area contributed by atoms with Gasteiger partial charge in [0.1, 0.15) is 4.88 Å². The fourth-order valence-electron chi connectivity index (χ4n) is 3.23. The Labute approximate surface area is 180 Å². The molecule has 1 amide bonds. The standard InChI is InChI=1S/C19H19F3N2O5S2/c1-29-18(26)16-15(7-10-30-16)23-17(25)12-5-8-24(9-6-12)31(27,28)14-4-2-3-13(11-14)19(20,21)22/h2-4,7,10-12H,5-6,8-9H2,1H3,(H,23,25). The van der Waals surface area contributed by atoms with Crippen LogP contribution in [0.1, 0.15) is 28.1 Å². The molecule has 0 radical (unpaired) electrons. The summed E-state index contributed by atoms with van der Waals surface area (Å²) in [6.45, 7) is -0.0195. The Morgan fingerprint density at radius 1 is 1.19 bits per heavy atom. The van der Waals surface area contributed by atoms with E-state index in [1.54, 1.807) is 11.4 Å². The predicted octanol–water partition coefficient (Wildman–Crippen LogP) is 3.59. The number of sulfonamides is 1. The monoisotopic (exact) mass is 476 g/mol. The minimum absolute atomic E-state index is 0.00976. The number of nitrogens with zero attached hydrogens (tertiary/aromatic N) is 1. The fourth-order valence-corrected chi connectivity index (χ4v) is 5.52. The van der Waals surface area contributed by atoms with Gasteiger partial charge in [0.15, 0.2) is 0 Å². The average Bonchev–Trinajstić information content (AvgIpc) is 3.20. The predicted molar refractivity (Wildman–Crippen MR) is 107 cm³/mol. The van der Waals surface area contributed by atoms with E-state index in [4.69, 9.17) is 0 Å². The van der Waals surface area contributed by atoms with Crippen molar-refractivity contribution in [2.24, 2.45) is 5.92 Å².